The van der Waals surface area contributed by atoms with E-state index in [9.17, 15) is 0 Å². The van der Waals surface area contributed by atoms with Gasteiger partial charge in [0.25, 0.3) is 0 Å². The van der Waals surface area contributed by atoms with Gasteiger partial charge >= 0.3 is 0 Å². The van der Waals surface area contributed by atoms with Gasteiger partial charge in [0.05, 0.1) is 0 Å². The van der Waals surface area contributed by atoms with Gasteiger partial charge in [-0.2, -0.15) is 0 Å². The lowest BCUT2D eigenvalue weighted by Gasteiger charge is -2.26. The minimum atomic E-state index is 0.877. The zero-order valence-electron chi connectivity index (χ0n) is 33.4. The Kier molecular flexibility index (Phi) is 6.86. The van der Waals surface area contributed by atoms with Crippen LogP contribution in [0.4, 0.5) is 0 Å². The fourth-order valence-electron chi connectivity index (χ4n) is 10.7. The third-order valence-electron chi connectivity index (χ3n) is 13.4. The van der Waals surface area contributed by atoms with Crippen molar-refractivity contribution in [3.63, 3.8) is 0 Å². The van der Waals surface area contributed by atoms with Gasteiger partial charge in [-0.15, -0.1) is 0 Å². The first-order valence-corrected chi connectivity index (χ1v) is 21.3. The van der Waals surface area contributed by atoms with Crippen LogP contribution >= 0.6 is 0 Å². The molecule has 2 heteroatoms. The molecule has 1 aliphatic rings. The van der Waals surface area contributed by atoms with Crippen molar-refractivity contribution in [3.05, 3.63) is 206 Å². The summed E-state index contributed by atoms with van der Waals surface area (Å²) in [7, 11) is 0. The summed E-state index contributed by atoms with van der Waals surface area (Å²) in [6.07, 6.45) is 0. The fraction of sp³-hybridized carbons (Fsp3) is 0. The Hall–Kier alpha value is -8.20. The minimum Gasteiger partial charge on any atom is -0.455 e. The van der Waals surface area contributed by atoms with E-state index in [1.807, 2.05) is 12.1 Å². The van der Waals surface area contributed by atoms with Crippen LogP contribution in [-0.4, -0.2) is 0 Å². The van der Waals surface area contributed by atoms with Crippen LogP contribution in [-0.2, 0) is 0 Å². The molecule has 0 radical (unpaired) electrons. The number of hydrogen-bond donors (Lipinski definition) is 0. The quantitative estimate of drug-likeness (QED) is 0.163. The van der Waals surface area contributed by atoms with Gasteiger partial charge in [-0.25, -0.2) is 0 Å². The highest BCUT2D eigenvalue weighted by molar-refractivity contribution is 6.27. The largest absolute Gasteiger partial charge is 0.455 e. The van der Waals surface area contributed by atoms with Crippen LogP contribution in [0.2, 0.25) is 0 Å². The van der Waals surface area contributed by atoms with Crippen molar-refractivity contribution >= 4 is 76.2 Å². The molecule has 0 fully saturated rings. The van der Waals surface area contributed by atoms with Gasteiger partial charge in [-0.1, -0.05) is 170 Å². The van der Waals surface area contributed by atoms with Gasteiger partial charge in [0.15, 0.2) is 0 Å². The van der Waals surface area contributed by atoms with E-state index in [1.165, 1.54) is 76.8 Å². The second-order valence-electron chi connectivity index (χ2n) is 16.6. The number of furan rings is 2. The number of hydrogen-bond acceptors (Lipinski definition) is 2. The molecule has 62 heavy (non-hydrogen) atoms. The van der Waals surface area contributed by atoms with Crippen LogP contribution in [0.15, 0.2) is 215 Å². The molecule has 0 aliphatic heterocycles. The van der Waals surface area contributed by atoms with Gasteiger partial charge in [0.2, 0.25) is 0 Å². The molecule has 0 saturated heterocycles. The van der Waals surface area contributed by atoms with Crippen LogP contribution in [0.3, 0.4) is 0 Å². The van der Waals surface area contributed by atoms with E-state index in [-0.39, 0.29) is 0 Å². The molecule has 0 atom stereocenters. The van der Waals surface area contributed by atoms with E-state index in [4.69, 9.17) is 8.83 Å². The summed E-state index contributed by atoms with van der Waals surface area (Å²) in [6.45, 7) is 0. The molecule has 14 rings (SSSR count). The summed E-state index contributed by atoms with van der Waals surface area (Å²) in [5.41, 5.74) is 17.4. The third kappa shape index (κ3) is 4.64. The first-order chi connectivity index (χ1) is 30.8. The van der Waals surface area contributed by atoms with E-state index in [0.717, 1.165) is 66.1 Å². The molecule has 0 bridgehead atoms. The standard InChI is InChI=1S/C60H34O2/c1-3-17-37-35(15-1)36-16-2-4-18-38(36)50-32-52-40-20-6-8-22-42(40)54-34-56(48-28-14-26-46-44-24-10-12-30-58(44)62-60(46)48)55(33-53(54)41-21-7-5-19-39(41)51(52)31-49(37)50)47-27-13-25-45-43-23-9-11-29-57(43)61-59(45)47/h1-34H. The van der Waals surface area contributed by atoms with Crippen molar-refractivity contribution in [3.8, 4) is 66.8 Å². The summed E-state index contributed by atoms with van der Waals surface area (Å²) in [4.78, 5) is 0. The Morgan fingerprint density at radius 1 is 0.177 bits per heavy atom. The lowest BCUT2D eigenvalue weighted by atomic mass is 9.77. The average molecular weight is 787 g/mol. The average Bonchev–Trinajstić information content (AvgIpc) is 3.92. The highest BCUT2D eigenvalue weighted by atomic mass is 16.3. The highest BCUT2D eigenvalue weighted by Crippen LogP contribution is 2.53. The topological polar surface area (TPSA) is 26.3 Å². The fourth-order valence-corrected chi connectivity index (χ4v) is 10.7. The molecule has 11 aromatic carbocycles. The summed E-state index contributed by atoms with van der Waals surface area (Å²) in [5.74, 6) is 0. The van der Waals surface area contributed by atoms with Crippen molar-refractivity contribution in [1.82, 2.24) is 0 Å². The molecule has 2 nitrogen and oxygen atoms in total. The normalized spacial score (nSPS) is 12.2. The lowest BCUT2D eigenvalue weighted by molar-refractivity contribution is 0.669. The Morgan fingerprint density at radius 3 is 0.855 bits per heavy atom. The van der Waals surface area contributed by atoms with Crippen molar-refractivity contribution in [2.24, 2.45) is 0 Å². The maximum Gasteiger partial charge on any atom is 0.143 e. The minimum absolute atomic E-state index is 0.877. The van der Waals surface area contributed by atoms with E-state index in [1.54, 1.807) is 0 Å². The SMILES string of the molecule is c1ccc2c(c1)-c1cc(-c3cccc4c3oc3ccccc34)c(-c3cccc4c3oc3ccccc34)cc1-c1ccccc1-c1cc3c4ccccc4c4ccccc4c3cc1-2. The van der Waals surface area contributed by atoms with E-state index in [0.29, 0.717) is 0 Å². The van der Waals surface area contributed by atoms with Gasteiger partial charge < -0.3 is 8.83 Å². The van der Waals surface area contributed by atoms with Gasteiger partial charge in [-0.05, 0) is 124 Å². The number of rotatable bonds is 2. The predicted molar refractivity (Wildman–Crippen MR) is 260 cm³/mol. The van der Waals surface area contributed by atoms with Gasteiger partial charge in [0.1, 0.15) is 22.3 Å². The molecule has 13 aromatic rings. The number of fused-ring (bicyclic) bond motifs is 20. The van der Waals surface area contributed by atoms with Crippen molar-refractivity contribution in [2.75, 3.05) is 0 Å². The molecular formula is C60H34O2. The highest BCUT2D eigenvalue weighted by Gasteiger charge is 2.27. The van der Waals surface area contributed by atoms with Crippen LogP contribution < -0.4 is 0 Å². The molecule has 2 aromatic heterocycles. The van der Waals surface area contributed by atoms with Gasteiger partial charge in [0, 0.05) is 32.7 Å². The van der Waals surface area contributed by atoms with Crippen LogP contribution in [0, 0.1) is 0 Å². The predicted octanol–water partition coefficient (Wildman–Crippen LogP) is 17.3. The molecule has 0 N–H and O–H groups in total. The Balaban J connectivity index is 1.14. The van der Waals surface area contributed by atoms with E-state index < -0.39 is 0 Å². The molecule has 0 unspecified atom stereocenters. The zero-order valence-corrected chi connectivity index (χ0v) is 33.4. The van der Waals surface area contributed by atoms with Crippen molar-refractivity contribution in [2.45, 2.75) is 0 Å². The third-order valence-corrected chi connectivity index (χ3v) is 13.4. The molecule has 0 saturated carbocycles. The maximum absolute atomic E-state index is 6.81. The Labute approximate surface area is 356 Å². The molecule has 0 amide bonds. The second kappa shape index (κ2) is 12.7. The summed E-state index contributed by atoms with van der Waals surface area (Å²) < 4.78 is 13.6. The number of benzene rings is 11. The summed E-state index contributed by atoms with van der Waals surface area (Å²) in [5, 5.41) is 12.0. The maximum atomic E-state index is 6.81. The van der Waals surface area contributed by atoms with E-state index in [2.05, 4.69) is 194 Å². The van der Waals surface area contributed by atoms with Crippen LogP contribution in [0.1, 0.15) is 0 Å². The molecule has 1 aliphatic carbocycles. The molecule has 286 valence electrons. The monoisotopic (exact) mass is 786 g/mol. The Bertz CT molecular complexity index is 3780. The smallest absolute Gasteiger partial charge is 0.143 e. The van der Waals surface area contributed by atoms with Crippen molar-refractivity contribution < 1.29 is 8.83 Å². The molecular weight excluding hydrogens is 753 g/mol. The second-order valence-corrected chi connectivity index (χ2v) is 16.6. The van der Waals surface area contributed by atoms with Crippen molar-refractivity contribution in [1.29, 1.82) is 0 Å². The van der Waals surface area contributed by atoms with Crippen LogP contribution in [0.5, 0.6) is 0 Å². The van der Waals surface area contributed by atoms with Gasteiger partial charge in [-0.3, -0.25) is 0 Å². The first kappa shape index (κ1) is 33.6. The lowest BCUT2D eigenvalue weighted by Crippen LogP contribution is -1.99. The summed E-state index contributed by atoms with van der Waals surface area (Å²) in [6, 6.07) is 75.3. The summed E-state index contributed by atoms with van der Waals surface area (Å²) >= 11 is 0. The first-order valence-electron chi connectivity index (χ1n) is 21.3. The molecule has 2 heterocycles. The Morgan fingerprint density at radius 2 is 0.452 bits per heavy atom. The number of para-hydroxylation sites is 4. The zero-order chi connectivity index (χ0) is 40.5. The molecule has 0 spiro atoms. The van der Waals surface area contributed by atoms with Crippen LogP contribution in [0.25, 0.3) is 143 Å². The van der Waals surface area contributed by atoms with E-state index >= 15 is 0 Å².